The third-order valence-corrected chi connectivity index (χ3v) is 5.10. The zero-order valence-electron chi connectivity index (χ0n) is 13.6. The molecule has 2 atom stereocenters. The molecule has 9 nitrogen and oxygen atoms in total. The quantitative estimate of drug-likeness (QED) is 0.348. The van der Waals surface area contributed by atoms with Gasteiger partial charge in [-0.2, -0.15) is 26.7 Å². The van der Waals surface area contributed by atoms with Crippen LogP contribution >= 0.6 is 0 Å². The maximum Gasteiger partial charge on any atom is 0.534 e. The van der Waals surface area contributed by atoms with E-state index >= 15 is 0 Å². The summed E-state index contributed by atoms with van der Waals surface area (Å²) in [5, 5.41) is 10.2. The number of hydrogen-bond acceptors (Lipinski definition) is 7. The molecule has 2 bridgehead atoms. The Morgan fingerprint density at radius 2 is 2.04 bits per heavy atom. The Hall–Kier alpha value is -2.54. The van der Waals surface area contributed by atoms with Gasteiger partial charge in [-0.1, -0.05) is 12.1 Å². The van der Waals surface area contributed by atoms with Gasteiger partial charge in [0.25, 0.3) is 0 Å². The number of rotatable bonds is 4. The number of hydroxylamine groups is 2. The SMILES string of the molecule is CCOC(=O)[C@H]1c2cccc(OS(=O)(=O)C(F)(F)F)c2[C@H]2CN1C(=O)N2O. The first-order chi connectivity index (χ1) is 12.5. The van der Waals surface area contributed by atoms with E-state index < -0.39 is 45.5 Å². The molecule has 2 heterocycles. The molecule has 2 aliphatic heterocycles. The van der Waals surface area contributed by atoms with Crippen molar-refractivity contribution in [1.29, 1.82) is 0 Å². The Labute approximate surface area is 150 Å². The maximum absolute atomic E-state index is 12.7. The Morgan fingerprint density at radius 1 is 1.37 bits per heavy atom. The van der Waals surface area contributed by atoms with Gasteiger partial charge in [0.1, 0.15) is 11.8 Å². The van der Waals surface area contributed by atoms with Crippen molar-refractivity contribution in [1.82, 2.24) is 9.96 Å². The van der Waals surface area contributed by atoms with E-state index in [4.69, 9.17) is 4.74 Å². The van der Waals surface area contributed by atoms with Crippen molar-refractivity contribution in [3.05, 3.63) is 29.3 Å². The molecule has 1 aromatic rings. The monoisotopic (exact) mass is 410 g/mol. The highest BCUT2D eigenvalue weighted by molar-refractivity contribution is 7.88. The van der Waals surface area contributed by atoms with Crippen molar-refractivity contribution in [3.63, 3.8) is 0 Å². The third-order valence-electron chi connectivity index (χ3n) is 4.14. The fraction of sp³-hybridized carbons (Fsp3) is 0.429. The minimum Gasteiger partial charge on any atom is -0.464 e. The van der Waals surface area contributed by atoms with E-state index in [9.17, 15) is 36.4 Å². The zero-order valence-corrected chi connectivity index (χ0v) is 14.5. The van der Waals surface area contributed by atoms with Crippen molar-refractivity contribution >= 4 is 22.1 Å². The van der Waals surface area contributed by atoms with Crippen LogP contribution in [0.1, 0.15) is 30.1 Å². The Kier molecular flexibility index (Phi) is 4.46. The van der Waals surface area contributed by atoms with Crippen molar-refractivity contribution in [2.45, 2.75) is 24.5 Å². The average molecular weight is 410 g/mol. The minimum absolute atomic E-state index is 0.00414. The van der Waals surface area contributed by atoms with Crippen LogP contribution in [0.2, 0.25) is 0 Å². The number of alkyl halides is 3. The number of benzene rings is 1. The van der Waals surface area contributed by atoms with Crippen LogP contribution in [-0.2, 0) is 19.6 Å². The Bertz CT molecular complexity index is 902. The van der Waals surface area contributed by atoms with Gasteiger partial charge >= 0.3 is 27.6 Å². The first kappa shape index (κ1) is 19.2. The van der Waals surface area contributed by atoms with E-state index in [0.717, 1.165) is 11.0 Å². The second-order valence-electron chi connectivity index (χ2n) is 5.69. The number of carbonyl (C=O) groups excluding carboxylic acids is 2. The molecule has 0 saturated carbocycles. The number of esters is 1. The molecule has 0 aliphatic carbocycles. The molecule has 0 unspecified atom stereocenters. The molecule has 1 fully saturated rings. The molecule has 13 heteroatoms. The molecular formula is C14H13F3N2O7S. The molecular weight excluding hydrogens is 397 g/mol. The summed E-state index contributed by atoms with van der Waals surface area (Å²) in [6, 6.07) is -0.119. The van der Waals surface area contributed by atoms with Gasteiger partial charge in [0.2, 0.25) is 0 Å². The summed E-state index contributed by atoms with van der Waals surface area (Å²) in [7, 11) is -6.00. The summed E-state index contributed by atoms with van der Waals surface area (Å²) in [5.41, 5.74) is -5.89. The van der Waals surface area contributed by atoms with Gasteiger partial charge in [-0.3, -0.25) is 5.21 Å². The predicted molar refractivity (Wildman–Crippen MR) is 79.9 cm³/mol. The summed E-state index contributed by atoms with van der Waals surface area (Å²) in [6.45, 7) is 1.22. The molecule has 148 valence electrons. The molecule has 0 spiro atoms. The van der Waals surface area contributed by atoms with E-state index in [1.807, 2.05) is 0 Å². The molecule has 2 amide bonds. The largest absolute Gasteiger partial charge is 0.534 e. The van der Waals surface area contributed by atoms with Gasteiger partial charge in [-0.05, 0) is 18.6 Å². The lowest BCUT2D eigenvalue weighted by molar-refractivity contribution is -0.148. The van der Waals surface area contributed by atoms with Gasteiger partial charge in [0, 0.05) is 5.56 Å². The van der Waals surface area contributed by atoms with Crippen LogP contribution in [0, 0.1) is 0 Å². The first-order valence-corrected chi connectivity index (χ1v) is 8.99. The van der Waals surface area contributed by atoms with Crippen LogP contribution < -0.4 is 4.18 Å². The van der Waals surface area contributed by atoms with E-state index in [-0.39, 0.29) is 29.3 Å². The maximum atomic E-state index is 12.7. The average Bonchev–Trinajstić information content (AvgIpc) is 2.80. The number of hydrogen-bond donors (Lipinski definition) is 1. The van der Waals surface area contributed by atoms with E-state index in [2.05, 4.69) is 4.18 Å². The van der Waals surface area contributed by atoms with Crippen LogP contribution in [0.3, 0.4) is 0 Å². The lowest BCUT2D eigenvalue weighted by Crippen LogP contribution is -2.39. The number of amides is 2. The van der Waals surface area contributed by atoms with Gasteiger partial charge in [0.15, 0.2) is 6.04 Å². The number of halogens is 3. The molecule has 0 radical (unpaired) electrons. The van der Waals surface area contributed by atoms with Crippen molar-refractivity contribution in [2.75, 3.05) is 13.2 Å². The molecule has 1 saturated heterocycles. The summed E-state index contributed by atoms with van der Waals surface area (Å²) < 4.78 is 69.9. The summed E-state index contributed by atoms with van der Waals surface area (Å²) in [5.74, 6) is -1.62. The molecule has 0 aromatic heterocycles. The minimum atomic E-state index is -6.00. The zero-order chi connectivity index (χ0) is 20.1. The van der Waals surface area contributed by atoms with E-state index in [0.29, 0.717) is 0 Å². The molecule has 27 heavy (non-hydrogen) atoms. The van der Waals surface area contributed by atoms with Crippen LogP contribution in [-0.4, -0.2) is 54.2 Å². The predicted octanol–water partition coefficient (Wildman–Crippen LogP) is 1.70. The van der Waals surface area contributed by atoms with Crippen molar-refractivity contribution < 1.29 is 45.3 Å². The highest BCUT2D eigenvalue weighted by Crippen LogP contribution is 2.47. The number of urea groups is 1. The van der Waals surface area contributed by atoms with Gasteiger partial charge in [-0.15, -0.1) is 0 Å². The fourth-order valence-corrected chi connectivity index (χ4v) is 3.55. The molecule has 3 rings (SSSR count). The number of fused-ring (bicyclic) bond motifs is 4. The fourth-order valence-electron chi connectivity index (χ4n) is 3.07. The highest BCUT2D eigenvalue weighted by Gasteiger charge is 2.53. The van der Waals surface area contributed by atoms with Crippen LogP contribution in [0.4, 0.5) is 18.0 Å². The lowest BCUT2D eigenvalue weighted by Gasteiger charge is -2.31. The standard InChI is InChI=1S/C14H13F3N2O7S/c1-2-25-12(20)11-7-4-3-5-9(26-27(23,24)14(15,16)17)10(7)8-6-18(11)13(21)19(8)22/h3-5,8,11,22H,2,6H2,1H3/t8-,11-/m1/s1. The molecule has 1 N–H and O–H groups in total. The molecule has 2 aliphatic rings. The Morgan fingerprint density at radius 3 is 2.63 bits per heavy atom. The van der Waals surface area contributed by atoms with Crippen molar-refractivity contribution in [3.8, 4) is 5.75 Å². The highest BCUT2D eigenvalue weighted by atomic mass is 32.2. The summed E-state index contributed by atoms with van der Waals surface area (Å²) in [4.78, 5) is 25.5. The van der Waals surface area contributed by atoms with Crippen LogP contribution in [0.15, 0.2) is 18.2 Å². The molecule has 1 aromatic carbocycles. The summed E-state index contributed by atoms with van der Waals surface area (Å²) >= 11 is 0. The summed E-state index contributed by atoms with van der Waals surface area (Å²) in [6.07, 6.45) is 0. The van der Waals surface area contributed by atoms with E-state index in [1.165, 1.54) is 19.1 Å². The lowest BCUT2D eigenvalue weighted by atomic mass is 9.90. The smallest absolute Gasteiger partial charge is 0.464 e. The van der Waals surface area contributed by atoms with Crippen LogP contribution in [0.5, 0.6) is 5.75 Å². The van der Waals surface area contributed by atoms with Crippen molar-refractivity contribution in [2.24, 2.45) is 0 Å². The van der Waals surface area contributed by atoms with E-state index in [1.54, 1.807) is 0 Å². The topological polar surface area (TPSA) is 113 Å². The number of nitrogens with zero attached hydrogens (tertiary/aromatic N) is 2. The Balaban J connectivity index is 2.15. The van der Waals surface area contributed by atoms with Gasteiger partial charge in [-0.25, -0.2) is 9.59 Å². The second-order valence-corrected chi connectivity index (χ2v) is 7.23. The third kappa shape index (κ3) is 2.96. The number of ether oxygens (including phenoxy) is 1. The van der Waals surface area contributed by atoms with Crippen LogP contribution in [0.25, 0.3) is 0 Å². The first-order valence-electron chi connectivity index (χ1n) is 7.58. The number of carbonyl (C=O) groups is 2. The van der Waals surface area contributed by atoms with Gasteiger partial charge in [0.05, 0.1) is 13.2 Å². The second kappa shape index (κ2) is 6.27. The van der Waals surface area contributed by atoms with Gasteiger partial charge < -0.3 is 13.8 Å². The normalized spacial score (nSPS) is 21.9.